The van der Waals surface area contributed by atoms with Crippen LogP contribution < -0.4 is 0 Å². The fraction of sp³-hybridized carbons (Fsp3) is 0.407. The third-order valence-corrected chi connectivity index (χ3v) is 7.81. The Labute approximate surface area is 208 Å². The van der Waals surface area contributed by atoms with Crippen LogP contribution in [0.5, 0.6) is 0 Å². The minimum absolute atomic E-state index is 0.124. The standard InChI is InChI=1S/C27H28ClFN2O4/c28-20-3-6-24-22(15-20)23(17-31(24)16-18-7-13-35-14-8-18)25(32)30-11-9-27(10-12-30,26(33)34)19-1-4-21(29)5-2-19/h1-6,15,17-18H,7-14,16H2,(H,33,34). The lowest BCUT2D eigenvalue weighted by molar-refractivity contribution is -0.145. The van der Waals surface area contributed by atoms with Gasteiger partial charge in [0.05, 0.1) is 11.0 Å². The smallest absolute Gasteiger partial charge is 0.314 e. The number of fused-ring (bicyclic) bond motifs is 1. The van der Waals surface area contributed by atoms with E-state index in [4.69, 9.17) is 16.3 Å². The number of carboxylic acid groups (broad SMARTS) is 1. The summed E-state index contributed by atoms with van der Waals surface area (Å²) in [6, 6.07) is 11.3. The maximum absolute atomic E-state index is 13.6. The average molecular weight is 499 g/mol. The number of benzene rings is 2. The van der Waals surface area contributed by atoms with Gasteiger partial charge in [0.25, 0.3) is 5.91 Å². The molecule has 1 aromatic heterocycles. The van der Waals surface area contributed by atoms with Crippen LogP contribution >= 0.6 is 11.6 Å². The maximum Gasteiger partial charge on any atom is 0.314 e. The molecule has 2 saturated heterocycles. The van der Waals surface area contributed by atoms with Crippen LogP contribution in [-0.4, -0.2) is 52.8 Å². The predicted octanol–water partition coefficient (Wildman–Crippen LogP) is 5.12. The highest BCUT2D eigenvalue weighted by molar-refractivity contribution is 6.31. The van der Waals surface area contributed by atoms with E-state index in [-0.39, 0.29) is 18.7 Å². The summed E-state index contributed by atoms with van der Waals surface area (Å²) in [6.45, 7) is 2.93. The number of carbonyl (C=O) groups is 2. The van der Waals surface area contributed by atoms with E-state index in [1.807, 2.05) is 24.4 Å². The Morgan fingerprint density at radius 2 is 1.77 bits per heavy atom. The monoisotopic (exact) mass is 498 g/mol. The second-order valence-electron chi connectivity index (χ2n) is 9.60. The van der Waals surface area contributed by atoms with Crippen molar-refractivity contribution in [3.63, 3.8) is 0 Å². The van der Waals surface area contributed by atoms with Gasteiger partial charge in [-0.2, -0.15) is 0 Å². The van der Waals surface area contributed by atoms with E-state index in [9.17, 15) is 19.1 Å². The van der Waals surface area contributed by atoms with Gasteiger partial charge in [-0.1, -0.05) is 23.7 Å². The molecule has 5 rings (SSSR count). The van der Waals surface area contributed by atoms with Gasteiger partial charge in [0, 0.05) is 55.0 Å². The van der Waals surface area contributed by atoms with Gasteiger partial charge in [0.15, 0.2) is 0 Å². The molecule has 8 heteroatoms. The number of nitrogens with zero attached hydrogens (tertiary/aromatic N) is 2. The molecule has 0 atom stereocenters. The van der Waals surface area contributed by atoms with Gasteiger partial charge in [0.1, 0.15) is 5.82 Å². The molecule has 0 aliphatic carbocycles. The van der Waals surface area contributed by atoms with Crippen molar-refractivity contribution >= 4 is 34.4 Å². The highest BCUT2D eigenvalue weighted by Gasteiger charge is 2.44. The van der Waals surface area contributed by atoms with Crippen molar-refractivity contribution in [2.45, 2.75) is 37.6 Å². The van der Waals surface area contributed by atoms with Gasteiger partial charge < -0.3 is 19.3 Å². The van der Waals surface area contributed by atoms with Crippen LogP contribution in [0.4, 0.5) is 4.39 Å². The zero-order chi connectivity index (χ0) is 24.6. The number of carbonyl (C=O) groups excluding carboxylic acids is 1. The van der Waals surface area contributed by atoms with Gasteiger partial charge in [0.2, 0.25) is 0 Å². The van der Waals surface area contributed by atoms with Crippen molar-refractivity contribution in [2.75, 3.05) is 26.3 Å². The molecule has 2 fully saturated rings. The third kappa shape index (κ3) is 4.55. The molecule has 0 radical (unpaired) electrons. The SMILES string of the molecule is O=C(c1cn(CC2CCOCC2)c2ccc(Cl)cc12)N1CCC(C(=O)O)(c2ccc(F)cc2)CC1. The van der Waals surface area contributed by atoms with E-state index in [1.54, 1.807) is 4.90 Å². The second-order valence-corrected chi connectivity index (χ2v) is 10.0. The zero-order valence-electron chi connectivity index (χ0n) is 19.4. The Kier molecular flexibility index (Phi) is 6.55. The first kappa shape index (κ1) is 23.8. The number of amides is 1. The number of hydrogen-bond donors (Lipinski definition) is 1. The molecule has 2 aliphatic rings. The van der Waals surface area contributed by atoms with Gasteiger partial charge in [-0.25, -0.2) is 4.39 Å². The predicted molar refractivity (Wildman–Crippen MR) is 131 cm³/mol. The molecule has 35 heavy (non-hydrogen) atoms. The van der Waals surface area contributed by atoms with Gasteiger partial charge in [-0.15, -0.1) is 0 Å². The van der Waals surface area contributed by atoms with Crippen LogP contribution in [-0.2, 0) is 21.5 Å². The van der Waals surface area contributed by atoms with Crippen LogP contribution in [0.25, 0.3) is 10.9 Å². The quantitative estimate of drug-likeness (QED) is 0.530. The Hall–Kier alpha value is -2.90. The molecule has 0 unspecified atom stereocenters. The molecule has 2 aliphatic heterocycles. The summed E-state index contributed by atoms with van der Waals surface area (Å²) in [7, 11) is 0. The number of aromatic nitrogens is 1. The molecular weight excluding hydrogens is 471 g/mol. The lowest BCUT2D eigenvalue weighted by Gasteiger charge is -2.39. The molecule has 0 saturated carbocycles. The van der Waals surface area contributed by atoms with Gasteiger partial charge in [-0.05, 0) is 67.5 Å². The van der Waals surface area contributed by atoms with Crippen LogP contribution in [0.1, 0.15) is 41.6 Å². The Morgan fingerprint density at radius 3 is 2.43 bits per heavy atom. The largest absolute Gasteiger partial charge is 0.481 e. The molecule has 1 amide bonds. The van der Waals surface area contributed by atoms with Crippen LogP contribution in [0.3, 0.4) is 0 Å². The van der Waals surface area contributed by atoms with E-state index in [0.29, 0.717) is 35.2 Å². The summed E-state index contributed by atoms with van der Waals surface area (Å²) in [5, 5.41) is 11.4. The van der Waals surface area contributed by atoms with Crippen LogP contribution in [0.2, 0.25) is 5.02 Å². The topological polar surface area (TPSA) is 71.8 Å². The number of aliphatic carboxylic acids is 1. The van der Waals surface area contributed by atoms with Crippen molar-refractivity contribution < 1.29 is 23.8 Å². The van der Waals surface area contributed by atoms with Crippen molar-refractivity contribution in [3.8, 4) is 0 Å². The first-order chi connectivity index (χ1) is 16.9. The van der Waals surface area contributed by atoms with Crippen LogP contribution in [0.15, 0.2) is 48.7 Å². The van der Waals surface area contributed by atoms with Gasteiger partial charge in [-0.3, -0.25) is 9.59 Å². The summed E-state index contributed by atoms with van der Waals surface area (Å²) < 4.78 is 21.0. The fourth-order valence-corrected chi connectivity index (χ4v) is 5.63. The normalized spacial score (nSPS) is 18.6. The molecule has 6 nitrogen and oxygen atoms in total. The molecule has 3 heterocycles. The first-order valence-electron chi connectivity index (χ1n) is 12.0. The fourth-order valence-electron chi connectivity index (χ4n) is 5.45. The lowest BCUT2D eigenvalue weighted by Crippen LogP contribution is -2.49. The number of rotatable bonds is 5. The molecule has 184 valence electrons. The molecule has 2 aromatic carbocycles. The number of halogens is 2. The van der Waals surface area contributed by atoms with E-state index >= 15 is 0 Å². The van der Waals surface area contributed by atoms with Crippen molar-refractivity contribution in [3.05, 3.63) is 70.6 Å². The highest BCUT2D eigenvalue weighted by atomic mass is 35.5. The second kappa shape index (κ2) is 9.63. The first-order valence-corrected chi connectivity index (χ1v) is 12.4. The summed E-state index contributed by atoms with van der Waals surface area (Å²) in [5.74, 6) is -0.991. The molecule has 0 bridgehead atoms. The lowest BCUT2D eigenvalue weighted by atomic mass is 9.72. The van der Waals surface area contributed by atoms with Crippen molar-refractivity contribution in [2.24, 2.45) is 5.92 Å². The van der Waals surface area contributed by atoms with E-state index in [2.05, 4.69) is 4.57 Å². The molecule has 3 aromatic rings. The number of piperidine rings is 1. The average Bonchev–Trinajstić information content (AvgIpc) is 3.21. The molecular formula is C27H28ClFN2O4. The minimum atomic E-state index is -1.13. The van der Waals surface area contributed by atoms with Gasteiger partial charge >= 0.3 is 5.97 Å². The van der Waals surface area contributed by atoms with Crippen LogP contribution in [0, 0.1) is 11.7 Å². The number of carboxylic acids is 1. The third-order valence-electron chi connectivity index (χ3n) is 7.58. The van der Waals surface area contributed by atoms with Crippen molar-refractivity contribution in [1.82, 2.24) is 9.47 Å². The Morgan fingerprint density at radius 1 is 1.09 bits per heavy atom. The summed E-state index contributed by atoms with van der Waals surface area (Å²) >= 11 is 6.29. The molecule has 0 spiro atoms. The van der Waals surface area contributed by atoms with Crippen molar-refractivity contribution in [1.29, 1.82) is 0 Å². The number of hydrogen-bond acceptors (Lipinski definition) is 3. The summed E-state index contributed by atoms with van der Waals surface area (Å²) in [4.78, 5) is 27.7. The number of likely N-dealkylation sites (tertiary alicyclic amines) is 1. The van der Waals surface area contributed by atoms with E-state index in [1.165, 1.54) is 24.3 Å². The minimum Gasteiger partial charge on any atom is -0.481 e. The zero-order valence-corrected chi connectivity index (χ0v) is 20.1. The summed E-state index contributed by atoms with van der Waals surface area (Å²) in [6.07, 6.45) is 4.42. The van der Waals surface area contributed by atoms with E-state index in [0.717, 1.165) is 43.5 Å². The molecule has 1 N–H and O–H groups in total. The Bertz CT molecular complexity index is 1240. The maximum atomic E-state index is 13.6. The highest BCUT2D eigenvalue weighted by Crippen LogP contribution is 2.37. The Balaban J connectivity index is 1.40. The number of ether oxygens (including phenoxy) is 1. The van der Waals surface area contributed by atoms with E-state index < -0.39 is 17.2 Å². The summed E-state index contributed by atoms with van der Waals surface area (Å²) in [5.41, 5.74) is 0.982.